The molecule has 1 saturated heterocycles. The highest BCUT2D eigenvalue weighted by atomic mass is 19.1. The van der Waals surface area contributed by atoms with Crippen LogP contribution < -0.4 is 0 Å². The van der Waals surface area contributed by atoms with Gasteiger partial charge in [-0.05, 0) is 24.6 Å². The summed E-state index contributed by atoms with van der Waals surface area (Å²) in [5.74, 6) is 0.204. The summed E-state index contributed by atoms with van der Waals surface area (Å²) in [6.07, 6.45) is 0.821. The average molecular weight is 391 g/mol. The number of aromatic amines is 1. The molecular weight excluding hydrogens is 365 g/mol. The zero-order valence-electron chi connectivity index (χ0n) is 16.3. The number of nitrogens with one attached hydrogen (secondary N) is 1. The van der Waals surface area contributed by atoms with Gasteiger partial charge in [0.1, 0.15) is 24.9 Å². The van der Waals surface area contributed by atoms with Crippen molar-refractivity contribution in [3.8, 4) is 0 Å². The van der Waals surface area contributed by atoms with Gasteiger partial charge in [-0.1, -0.05) is 0 Å². The van der Waals surface area contributed by atoms with E-state index in [4.69, 9.17) is 4.74 Å². The number of H-pyrrole nitrogens is 1. The maximum atomic E-state index is 13.2. The molecule has 0 saturated carbocycles. The number of carbonyl (C=O) groups is 2. The number of nitrogens with zero attached hydrogens (tertiary/aromatic N) is 4. The lowest BCUT2D eigenvalue weighted by atomic mass is 10.3. The molecule has 0 aliphatic carbocycles. The van der Waals surface area contributed by atoms with Crippen molar-refractivity contribution in [3.63, 3.8) is 0 Å². The predicted octanol–water partition coefficient (Wildman–Crippen LogP) is 0.841. The number of ether oxygens (including phenoxy) is 1. The molecule has 28 heavy (non-hydrogen) atoms. The number of hydrogen-bond donors (Lipinski definition) is 1. The molecule has 1 aliphatic heterocycles. The molecular formula is C19H26FN5O3. The van der Waals surface area contributed by atoms with Crippen molar-refractivity contribution < 1.29 is 18.7 Å². The molecule has 1 aliphatic rings. The molecule has 0 spiro atoms. The molecule has 1 aromatic carbocycles. The maximum absolute atomic E-state index is 13.2. The minimum Gasteiger partial charge on any atom is -0.364 e. The molecule has 2 amide bonds. The van der Waals surface area contributed by atoms with E-state index in [2.05, 4.69) is 14.9 Å². The van der Waals surface area contributed by atoms with Gasteiger partial charge in [-0.3, -0.25) is 14.5 Å². The molecule has 0 atom stereocenters. The van der Waals surface area contributed by atoms with Crippen LogP contribution >= 0.6 is 0 Å². The highest BCUT2D eigenvalue weighted by molar-refractivity contribution is 5.78. The summed E-state index contributed by atoms with van der Waals surface area (Å²) < 4.78 is 18.7. The SMILES string of the molecule is CN(C)C(=O)CN1CCCN(C(=O)COCc2nc3ccc(F)cc3[nH]2)CC1. The first-order valence-corrected chi connectivity index (χ1v) is 9.34. The lowest BCUT2D eigenvalue weighted by Gasteiger charge is -2.22. The molecule has 1 fully saturated rings. The van der Waals surface area contributed by atoms with Crippen LogP contribution in [0.5, 0.6) is 0 Å². The van der Waals surface area contributed by atoms with Gasteiger partial charge in [0.15, 0.2) is 0 Å². The van der Waals surface area contributed by atoms with Crippen molar-refractivity contribution in [1.29, 1.82) is 0 Å². The number of hydrogen-bond acceptors (Lipinski definition) is 5. The molecule has 0 bridgehead atoms. The van der Waals surface area contributed by atoms with Gasteiger partial charge in [0.25, 0.3) is 0 Å². The average Bonchev–Trinajstić information content (AvgIpc) is 2.89. The number of halogens is 1. The zero-order chi connectivity index (χ0) is 20.1. The van der Waals surface area contributed by atoms with Crippen LogP contribution in [0.1, 0.15) is 12.2 Å². The number of carbonyl (C=O) groups excluding carboxylic acids is 2. The Hall–Kier alpha value is -2.52. The maximum Gasteiger partial charge on any atom is 0.248 e. The number of benzene rings is 1. The van der Waals surface area contributed by atoms with Crippen molar-refractivity contribution in [2.75, 3.05) is 53.4 Å². The molecule has 1 aromatic heterocycles. The van der Waals surface area contributed by atoms with Crippen molar-refractivity contribution in [3.05, 3.63) is 29.8 Å². The Kier molecular flexibility index (Phi) is 6.58. The standard InChI is InChI=1S/C19H26FN5O3/c1-23(2)18(26)11-24-6-3-7-25(9-8-24)19(27)13-28-12-17-21-15-5-4-14(20)10-16(15)22-17/h4-5,10H,3,6-9,11-13H2,1-2H3,(H,21,22). The van der Waals surface area contributed by atoms with E-state index in [0.29, 0.717) is 43.0 Å². The Balaban J connectivity index is 1.44. The van der Waals surface area contributed by atoms with E-state index in [9.17, 15) is 14.0 Å². The van der Waals surface area contributed by atoms with Crippen LogP contribution in [0.15, 0.2) is 18.2 Å². The van der Waals surface area contributed by atoms with Gasteiger partial charge in [0.2, 0.25) is 11.8 Å². The molecule has 8 nitrogen and oxygen atoms in total. The van der Waals surface area contributed by atoms with Crippen molar-refractivity contribution in [2.45, 2.75) is 13.0 Å². The summed E-state index contributed by atoms with van der Waals surface area (Å²) in [5.41, 5.74) is 1.26. The first kappa shape index (κ1) is 20.2. The van der Waals surface area contributed by atoms with E-state index in [0.717, 1.165) is 13.0 Å². The van der Waals surface area contributed by atoms with Gasteiger partial charge in [0, 0.05) is 40.3 Å². The number of rotatable bonds is 6. The van der Waals surface area contributed by atoms with Crippen LogP contribution in [0.2, 0.25) is 0 Å². The number of aromatic nitrogens is 2. The van der Waals surface area contributed by atoms with Gasteiger partial charge in [-0.25, -0.2) is 9.37 Å². The quantitative estimate of drug-likeness (QED) is 0.789. The second-order valence-corrected chi connectivity index (χ2v) is 7.14. The van der Waals surface area contributed by atoms with Gasteiger partial charge >= 0.3 is 0 Å². The highest BCUT2D eigenvalue weighted by Crippen LogP contribution is 2.13. The summed E-state index contributed by atoms with van der Waals surface area (Å²) in [5, 5.41) is 0. The Bertz CT molecular complexity index is 838. The van der Waals surface area contributed by atoms with Gasteiger partial charge < -0.3 is 19.5 Å². The number of fused-ring (bicyclic) bond motifs is 1. The molecule has 2 aromatic rings. The molecule has 3 rings (SSSR count). The van der Waals surface area contributed by atoms with Crippen LogP contribution in [0.3, 0.4) is 0 Å². The third kappa shape index (κ3) is 5.26. The second-order valence-electron chi connectivity index (χ2n) is 7.14. The molecule has 152 valence electrons. The monoisotopic (exact) mass is 391 g/mol. The van der Waals surface area contributed by atoms with E-state index in [1.807, 2.05) is 0 Å². The van der Waals surface area contributed by atoms with Crippen molar-refractivity contribution in [1.82, 2.24) is 24.7 Å². The van der Waals surface area contributed by atoms with Gasteiger partial charge in [-0.2, -0.15) is 0 Å². The first-order valence-electron chi connectivity index (χ1n) is 9.34. The van der Waals surface area contributed by atoms with Crippen LogP contribution in [-0.4, -0.2) is 89.9 Å². The van der Waals surface area contributed by atoms with Gasteiger partial charge in [0.05, 0.1) is 17.6 Å². The third-order valence-corrected chi connectivity index (χ3v) is 4.76. The summed E-state index contributed by atoms with van der Waals surface area (Å²) in [4.78, 5) is 37.0. The summed E-state index contributed by atoms with van der Waals surface area (Å²) in [7, 11) is 3.48. The summed E-state index contributed by atoms with van der Waals surface area (Å²) >= 11 is 0. The highest BCUT2D eigenvalue weighted by Gasteiger charge is 2.21. The second kappa shape index (κ2) is 9.11. The van der Waals surface area contributed by atoms with Crippen LogP contribution in [0.25, 0.3) is 11.0 Å². The largest absolute Gasteiger partial charge is 0.364 e. The number of likely N-dealkylation sites (N-methyl/N-ethyl adjacent to an activating group) is 1. The van der Waals surface area contributed by atoms with E-state index in [-0.39, 0.29) is 30.8 Å². The lowest BCUT2D eigenvalue weighted by molar-refractivity contribution is -0.136. The fourth-order valence-corrected chi connectivity index (χ4v) is 3.14. The van der Waals surface area contributed by atoms with Crippen LogP contribution in [-0.2, 0) is 20.9 Å². The smallest absolute Gasteiger partial charge is 0.248 e. The van der Waals surface area contributed by atoms with E-state index in [1.54, 1.807) is 30.0 Å². The van der Waals surface area contributed by atoms with Crippen molar-refractivity contribution >= 4 is 22.8 Å². The van der Waals surface area contributed by atoms with E-state index in [1.165, 1.54) is 12.1 Å². The molecule has 2 heterocycles. The molecule has 0 radical (unpaired) electrons. The Morgan fingerprint density at radius 1 is 1.25 bits per heavy atom. The Morgan fingerprint density at radius 2 is 2.07 bits per heavy atom. The Labute approximate surface area is 163 Å². The Morgan fingerprint density at radius 3 is 2.86 bits per heavy atom. The molecule has 9 heteroatoms. The fraction of sp³-hybridized carbons (Fsp3) is 0.526. The predicted molar refractivity (Wildman–Crippen MR) is 102 cm³/mol. The van der Waals surface area contributed by atoms with Crippen molar-refractivity contribution in [2.24, 2.45) is 0 Å². The van der Waals surface area contributed by atoms with Crippen LogP contribution in [0, 0.1) is 5.82 Å². The van der Waals surface area contributed by atoms with Gasteiger partial charge in [-0.15, -0.1) is 0 Å². The fourth-order valence-electron chi connectivity index (χ4n) is 3.14. The molecule has 0 unspecified atom stereocenters. The topological polar surface area (TPSA) is 81.8 Å². The summed E-state index contributed by atoms with van der Waals surface area (Å²) in [6, 6.07) is 4.33. The summed E-state index contributed by atoms with van der Waals surface area (Å²) in [6.45, 7) is 3.17. The number of amides is 2. The number of imidazole rings is 1. The zero-order valence-corrected chi connectivity index (χ0v) is 16.3. The van der Waals surface area contributed by atoms with E-state index >= 15 is 0 Å². The molecule has 1 N–H and O–H groups in total. The lowest BCUT2D eigenvalue weighted by Crippen LogP contribution is -2.40. The third-order valence-electron chi connectivity index (χ3n) is 4.76. The van der Waals surface area contributed by atoms with Crippen LogP contribution in [0.4, 0.5) is 4.39 Å². The normalized spacial score (nSPS) is 15.6. The minimum absolute atomic E-state index is 0.0396. The minimum atomic E-state index is -0.332. The van der Waals surface area contributed by atoms with E-state index < -0.39 is 0 Å². The first-order chi connectivity index (χ1) is 13.4.